The molecule has 4 rings (SSSR count). The summed E-state index contributed by atoms with van der Waals surface area (Å²) in [5.41, 5.74) is 3.33. The number of nitrogens with one attached hydrogen (secondary N) is 1. The van der Waals surface area contributed by atoms with Crippen LogP contribution in [-0.2, 0) is 4.79 Å². The summed E-state index contributed by atoms with van der Waals surface area (Å²) in [5, 5.41) is 14.7. The number of nitro groups is 1. The van der Waals surface area contributed by atoms with Crippen LogP contribution >= 0.6 is 0 Å². The van der Waals surface area contributed by atoms with Crippen molar-refractivity contribution in [1.29, 1.82) is 0 Å². The number of likely N-dealkylation sites (tertiary alicyclic amines) is 1. The van der Waals surface area contributed by atoms with E-state index in [0.29, 0.717) is 13.0 Å². The highest BCUT2D eigenvalue weighted by Gasteiger charge is 2.25. The first-order valence-electron chi connectivity index (χ1n) is 12.9. The van der Waals surface area contributed by atoms with E-state index in [0.717, 1.165) is 64.3 Å². The number of rotatable bonds is 9. The van der Waals surface area contributed by atoms with Gasteiger partial charge in [0, 0.05) is 81.8 Å². The van der Waals surface area contributed by atoms with Gasteiger partial charge in [-0.1, -0.05) is 25.1 Å². The number of amides is 1. The van der Waals surface area contributed by atoms with Crippen LogP contribution in [0.15, 0.2) is 42.5 Å². The Morgan fingerprint density at radius 1 is 1.05 bits per heavy atom. The molecule has 2 aliphatic rings. The molecule has 1 amide bonds. The van der Waals surface area contributed by atoms with Gasteiger partial charge in [-0.3, -0.25) is 19.8 Å². The number of carbonyl (C=O) groups is 1. The maximum atomic E-state index is 12.8. The summed E-state index contributed by atoms with van der Waals surface area (Å²) >= 11 is 0. The van der Waals surface area contributed by atoms with Crippen molar-refractivity contribution in [2.24, 2.45) is 0 Å². The zero-order chi connectivity index (χ0) is 25.5. The molecule has 2 aliphatic heterocycles. The molecule has 2 fully saturated rings. The molecule has 0 radical (unpaired) electrons. The van der Waals surface area contributed by atoms with E-state index < -0.39 is 4.92 Å². The fourth-order valence-electron chi connectivity index (χ4n) is 4.93. The third kappa shape index (κ3) is 7.58. The number of piperidine rings is 1. The number of carbonyl (C=O) groups excluding carboxylic acids is 1. The molecule has 0 aromatic heterocycles. The molecule has 0 aliphatic carbocycles. The summed E-state index contributed by atoms with van der Waals surface area (Å²) in [7, 11) is 0. The van der Waals surface area contributed by atoms with Gasteiger partial charge in [0.25, 0.3) is 0 Å². The van der Waals surface area contributed by atoms with Gasteiger partial charge in [-0.25, -0.2) is 0 Å². The Hall–Kier alpha value is -3.33. The van der Waals surface area contributed by atoms with E-state index in [4.69, 9.17) is 4.74 Å². The fourth-order valence-corrected chi connectivity index (χ4v) is 4.93. The number of hydrogen-bond donors (Lipinski definition) is 1. The molecule has 1 N–H and O–H groups in total. The summed E-state index contributed by atoms with van der Waals surface area (Å²) in [5.74, 6) is 0.503. The van der Waals surface area contributed by atoms with Gasteiger partial charge >= 0.3 is 5.69 Å². The number of hydrogen-bond acceptors (Lipinski definition) is 7. The van der Waals surface area contributed by atoms with Gasteiger partial charge in [-0.15, -0.1) is 0 Å². The number of piperazine rings is 1. The summed E-state index contributed by atoms with van der Waals surface area (Å²) in [6.45, 7) is 10.5. The Labute approximate surface area is 220 Å². The molecule has 0 spiro atoms. The Morgan fingerprint density at radius 2 is 1.73 bits per heavy atom. The van der Waals surface area contributed by atoms with Crippen LogP contribution in [0.5, 0.6) is 5.75 Å². The number of ether oxygens (including phenoxy) is 1. The van der Waals surface area contributed by atoms with Crippen molar-refractivity contribution in [3.05, 3.63) is 58.1 Å². The topological polar surface area (TPSA) is 91.2 Å². The van der Waals surface area contributed by atoms with Crippen LogP contribution < -0.4 is 15.0 Å². The van der Waals surface area contributed by atoms with E-state index in [9.17, 15) is 14.9 Å². The van der Waals surface area contributed by atoms with Crippen molar-refractivity contribution in [2.45, 2.75) is 46.6 Å². The van der Waals surface area contributed by atoms with Crippen molar-refractivity contribution < 1.29 is 14.5 Å². The van der Waals surface area contributed by atoms with Crippen LogP contribution in [0.2, 0.25) is 0 Å². The average molecular weight is 512 g/mol. The van der Waals surface area contributed by atoms with Crippen LogP contribution in [-0.4, -0.2) is 79.1 Å². The molecule has 37 heavy (non-hydrogen) atoms. The Morgan fingerprint density at radius 3 is 2.35 bits per heavy atom. The standard InChI is InChI=1S/C27H37N5O4.CH4/c1-3-36-26-20-23(6-9-25(26)32(34)35)28-22-10-14-31(15-11-22)27(33)12-13-29-16-18-30(19-17-29)24-7-4-21(2)5-8-24;/h4-9,20,22,28H,3,10-19H2,1-2H3;1H4. The lowest BCUT2D eigenvalue weighted by Gasteiger charge is -2.37. The minimum absolute atomic E-state index is 0. The molecule has 2 aromatic carbocycles. The first-order chi connectivity index (χ1) is 17.4. The molecule has 2 saturated heterocycles. The number of nitro benzene ring substituents is 1. The van der Waals surface area contributed by atoms with Crippen LogP contribution in [0.1, 0.15) is 39.2 Å². The summed E-state index contributed by atoms with van der Waals surface area (Å²) < 4.78 is 5.44. The number of anilines is 2. The van der Waals surface area contributed by atoms with Crippen molar-refractivity contribution in [2.75, 3.05) is 62.6 Å². The highest BCUT2D eigenvalue weighted by atomic mass is 16.6. The Kier molecular flexibility index (Phi) is 10.1. The molecule has 9 nitrogen and oxygen atoms in total. The predicted octanol–water partition coefficient (Wildman–Crippen LogP) is 4.55. The van der Waals surface area contributed by atoms with Crippen molar-refractivity contribution in [3.8, 4) is 5.75 Å². The molecule has 2 heterocycles. The molecule has 9 heteroatoms. The predicted molar refractivity (Wildman–Crippen MR) is 149 cm³/mol. The van der Waals surface area contributed by atoms with Crippen molar-refractivity contribution in [3.63, 3.8) is 0 Å². The largest absolute Gasteiger partial charge is 0.487 e. The monoisotopic (exact) mass is 511 g/mol. The lowest BCUT2D eigenvalue weighted by molar-refractivity contribution is -0.385. The Bertz CT molecular complexity index is 1030. The minimum Gasteiger partial charge on any atom is -0.487 e. The maximum absolute atomic E-state index is 12.8. The van der Waals surface area contributed by atoms with Gasteiger partial charge in [-0.2, -0.15) is 0 Å². The van der Waals surface area contributed by atoms with E-state index in [1.807, 2.05) is 11.8 Å². The Balaban J connectivity index is 0.00000380. The SMILES string of the molecule is C.CCOc1cc(NC2CCN(C(=O)CCN3CCN(c4ccc(C)cc4)CC3)CC2)ccc1[N+](=O)[O-]. The van der Waals surface area contributed by atoms with Crippen molar-refractivity contribution in [1.82, 2.24) is 9.80 Å². The first-order valence-corrected chi connectivity index (χ1v) is 12.9. The van der Waals surface area contributed by atoms with Crippen LogP contribution in [0.3, 0.4) is 0 Å². The van der Waals surface area contributed by atoms with Crippen LogP contribution in [0.4, 0.5) is 17.1 Å². The van der Waals surface area contributed by atoms with Gasteiger partial charge < -0.3 is 19.9 Å². The van der Waals surface area contributed by atoms with E-state index in [-0.39, 0.29) is 30.8 Å². The summed E-state index contributed by atoms with van der Waals surface area (Å²) in [4.78, 5) is 30.4. The van der Waals surface area contributed by atoms with Gasteiger partial charge in [0.05, 0.1) is 11.5 Å². The van der Waals surface area contributed by atoms with E-state index in [1.165, 1.54) is 17.3 Å². The maximum Gasteiger partial charge on any atom is 0.311 e. The number of nitrogens with zero attached hydrogens (tertiary/aromatic N) is 4. The third-order valence-electron chi connectivity index (χ3n) is 7.09. The summed E-state index contributed by atoms with van der Waals surface area (Å²) in [6.07, 6.45) is 2.26. The first kappa shape index (κ1) is 28.2. The number of benzene rings is 2. The molecule has 0 bridgehead atoms. The highest BCUT2D eigenvalue weighted by molar-refractivity contribution is 5.76. The lowest BCUT2D eigenvalue weighted by atomic mass is 10.0. The van der Waals surface area contributed by atoms with Crippen LogP contribution in [0, 0.1) is 17.0 Å². The third-order valence-corrected chi connectivity index (χ3v) is 7.09. The molecular formula is C28H41N5O4. The zero-order valence-electron chi connectivity index (χ0n) is 21.3. The van der Waals surface area contributed by atoms with Gasteiger partial charge in [0.1, 0.15) is 0 Å². The molecule has 202 valence electrons. The lowest BCUT2D eigenvalue weighted by Crippen LogP contribution is -2.48. The molecular weight excluding hydrogens is 470 g/mol. The normalized spacial score (nSPS) is 16.7. The van der Waals surface area contributed by atoms with E-state index in [1.54, 1.807) is 12.1 Å². The molecule has 2 aromatic rings. The second-order valence-corrected chi connectivity index (χ2v) is 9.59. The second kappa shape index (κ2) is 13.3. The van der Waals surface area contributed by atoms with Gasteiger partial charge in [0.15, 0.2) is 5.75 Å². The quantitative estimate of drug-likeness (QED) is 0.390. The van der Waals surface area contributed by atoms with Crippen LogP contribution in [0.25, 0.3) is 0 Å². The van der Waals surface area contributed by atoms with E-state index in [2.05, 4.69) is 46.3 Å². The molecule has 0 saturated carbocycles. The van der Waals surface area contributed by atoms with E-state index >= 15 is 0 Å². The summed E-state index contributed by atoms with van der Waals surface area (Å²) in [6, 6.07) is 13.8. The van der Waals surface area contributed by atoms with Gasteiger partial charge in [0.2, 0.25) is 5.91 Å². The number of aryl methyl sites for hydroxylation is 1. The highest BCUT2D eigenvalue weighted by Crippen LogP contribution is 2.31. The minimum atomic E-state index is -0.428. The molecule has 0 unspecified atom stereocenters. The second-order valence-electron chi connectivity index (χ2n) is 9.59. The molecule has 0 atom stereocenters. The smallest absolute Gasteiger partial charge is 0.311 e. The van der Waals surface area contributed by atoms with Crippen molar-refractivity contribution >= 4 is 23.0 Å². The fraction of sp³-hybridized carbons (Fsp3) is 0.536. The zero-order valence-corrected chi connectivity index (χ0v) is 21.3. The van der Waals surface area contributed by atoms with Gasteiger partial charge in [-0.05, 0) is 44.9 Å². The average Bonchev–Trinajstić information content (AvgIpc) is 2.89.